The molecule has 1 aliphatic carbocycles. The SMILES string of the molecule is Cc1cnc(C(N)=O)c(-c2nncn2C2CC2)c1-c1ccsc1. The second-order valence-electron chi connectivity index (χ2n) is 5.71. The Morgan fingerprint density at radius 1 is 1.39 bits per heavy atom. The lowest BCUT2D eigenvalue weighted by Gasteiger charge is -2.15. The average Bonchev–Trinajstić information content (AvgIpc) is 3.03. The molecule has 0 radical (unpaired) electrons. The van der Waals surface area contributed by atoms with Crippen molar-refractivity contribution in [3.63, 3.8) is 0 Å². The molecule has 23 heavy (non-hydrogen) atoms. The van der Waals surface area contributed by atoms with Gasteiger partial charge in [0.05, 0.1) is 5.56 Å². The molecular formula is C16H15N5OS. The highest BCUT2D eigenvalue weighted by Gasteiger charge is 2.30. The summed E-state index contributed by atoms with van der Waals surface area (Å²) in [5.74, 6) is 0.112. The Labute approximate surface area is 137 Å². The zero-order chi connectivity index (χ0) is 16.0. The van der Waals surface area contributed by atoms with Gasteiger partial charge in [0, 0.05) is 17.8 Å². The quantitative estimate of drug-likeness (QED) is 0.799. The van der Waals surface area contributed by atoms with Crippen LogP contribution in [0.2, 0.25) is 0 Å². The Kier molecular flexibility index (Phi) is 3.23. The van der Waals surface area contributed by atoms with E-state index in [4.69, 9.17) is 5.73 Å². The zero-order valence-electron chi connectivity index (χ0n) is 12.6. The molecule has 116 valence electrons. The Bertz CT molecular complexity index is 880. The third-order valence-electron chi connectivity index (χ3n) is 4.05. The molecule has 4 rings (SSSR count). The van der Waals surface area contributed by atoms with Crippen molar-refractivity contribution < 1.29 is 4.79 Å². The fourth-order valence-corrected chi connectivity index (χ4v) is 3.48. The molecule has 0 saturated heterocycles. The van der Waals surface area contributed by atoms with E-state index in [1.165, 1.54) is 0 Å². The molecule has 0 atom stereocenters. The molecule has 0 aliphatic heterocycles. The highest BCUT2D eigenvalue weighted by Crippen LogP contribution is 2.41. The van der Waals surface area contributed by atoms with Gasteiger partial charge in [-0.05, 0) is 47.7 Å². The number of nitrogens with zero attached hydrogens (tertiary/aromatic N) is 4. The molecular weight excluding hydrogens is 310 g/mol. The van der Waals surface area contributed by atoms with E-state index in [1.807, 2.05) is 22.9 Å². The molecule has 1 amide bonds. The number of hydrogen-bond donors (Lipinski definition) is 1. The number of carbonyl (C=O) groups excluding carboxylic acids is 1. The van der Waals surface area contributed by atoms with Crippen LogP contribution in [-0.2, 0) is 0 Å². The molecule has 1 fully saturated rings. The summed E-state index contributed by atoms with van der Waals surface area (Å²) in [4.78, 5) is 16.2. The first-order valence-corrected chi connectivity index (χ1v) is 8.33. The third-order valence-corrected chi connectivity index (χ3v) is 4.73. The second-order valence-corrected chi connectivity index (χ2v) is 6.49. The van der Waals surface area contributed by atoms with Crippen molar-refractivity contribution >= 4 is 17.2 Å². The summed E-state index contributed by atoms with van der Waals surface area (Å²) >= 11 is 1.61. The van der Waals surface area contributed by atoms with Crippen LogP contribution >= 0.6 is 11.3 Å². The van der Waals surface area contributed by atoms with Crippen molar-refractivity contribution in [2.24, 2.45) is 5.73 Å². The first kappa shape index (κ1) is 14.1. The molecule has 0 unspecified atom stereocenters. The van der Waals surface area contributed by atoms with Crippen LogP contribution in [0.4, 0.5) is 0 Å². The average molecular weight is 325 g/mol. The molecule has 0 bridgehead atoms. The minimum absolute atomic E-state index is 0.242. The van der Waals surface area contributed by atoms with Gasteiger partial charge in [0.15, 0.2) is 5.82 Å². The molecule has 0 spiro atoms. The smallest absolute Gasteiger partial charge is 0.268 e. The fourth-order valence-electron chi connectivity index (χ4n) is 2.83. The Hall–Kier alpha value is -2.54. The van der Waals surface area contributed by atoms with E-state index < -0.39 is 5.91 Å². The molecule has 6 nitrogen and oxygen atoms in total. The summed E-state index contributed by atoms with van der Waals surface area (Å²) < 4.78 is 2.03. The number of primary amides is 1. The van der Waals surface area contributed by atoms with Gasteiger partial charge in [-0.15, -0.1) is 10.2 Å². The number of rotatable bonds is 4. The Morgan fingerprint density at radius 2 is 2.22 bits per heavy atom. The van der Waals surface area contributed by atoms with E-state index in [9.17, 15) is 4.79 Å². The minimum Gasteiger partial charge on any atom is -0.364 e. The van der Waals surface area contributed by atoms with Crippen LogP contribution in [0.1, 0.15) is 34.9 Å². The number of carbonyl (C=O) groups is 1. The Morgan fingerprint density at radius 3 is 2.87 bits per heavy atom. The molecule has 3 heterocycles. The summed E-state index contributed by atoms with van der Waals surface area (Å²) in [7, 11) is 0. The number of hydrogen-bond acceptors (Lipinski definition) is 5. The summed E-state index contributed by atoms with van der Waals surface area (Å²) in [5.41, 5.74) is 9.47. The normalized spacial score (nSPS) is 14.1. The van der Waals surface area contributed by atoms with Crippen LogP contribution in [0.5, 0.6) is 0 Å². The highest BCUT2D eigenvalue weighted by molar-refractivity contribution is 7.08. The van der Waals surface area contributed by atoms with E-state index in [0.717, 1.165) is 29.5 Å². The maximum Gasteiger partial charge on any atom is 0.268 e. The number of amides is 1. The van der Waals surface area contributed by atoms with Crippen LogP contribution < -0.4 is 5.73 Å². The van der Waals surface area contributed by atoms with E-state index in [1.54, 1.807) is 23.9 Å². The van der Waals surface area contributed by atoms with Gasteiger partial charge >= 0.3 is 0 Å². The van der Waals surface area contributed by atoms with Crippen LogP contribution in [0.15, 0.2) is 29.4 Å². The van der Waals surface area contributed by atoms with Gasteiger partial charge in [-0.25, -0.2) is 4.98 Å². The van der Waals surface area contributed by atoms with Crippen molar-refractivity contribution in [2.75, 3.05) is 0 Å². The number of aryl methyl sites for hydroxylation is 1. The first-order chi connectivity index (χ1) is 11.2. The van der Waals surface area contributed by atoms with Gasteiger partial charge in [0.1, 0.15) is 12.0 Å². The number of nitrogens with two attached hydrogens (primary N) is 1. The van der Waals surface area contributed by atoms with Gasteiger partial charge in [-0.2, -0.15) is 11.3 Å². The van der Waals surface area contributed by atoms with Crippen LogP contribution in [0.25, 0.3) is 22.5 Å². The van der Waals surface area contributed by atoms with Crippen molar-refractivity contribution in [1.82, 2.24) is 19.7 Å². The molecule has 1 saturated carbocycles. The molecule has 0 aromatic carbocycles. The van der Waals surface area contributed by atoms with Crippen molar-refractivity contribution in [3.8, 4) is 22.5 Å². The van der Waals surface area contributed by atoms with Crippen molar-refractivity contribution in [2.45, 2.75) is 25.8 Å². The molecule has 2 N–H and O–H groups in total. The van der Waals surface area contributed by atoms with E-state index in [0.29, 0.717) is 17.4 Å². The van der Waals surface area contributed by atoms with Crippen LogP contribution in [-0.4, -0.2) is 25.7 Å². The summed E-state index contributed by atoms with van der Waals surface area (Å²) in [6.07, 6.45) is 5.61. The van der Waals surface area contributed by atoms with Crippen LogP contribution in [0.3, 0.4) is 0 Å². The lowest BCUT2D eigenvalue weighted by Crippen LogP contribution is -2.16. The second kappa shape index (κ2) is 5.27. The van der Waals surface area contributed by atoms with Gasteiger partial charge in [-0.1, -0.05) is 0 Å². The Balaban J connectivity index is 2.04. The lowest BCUT2D eigenvalue weighted by molar-refractivity contribution is 0.0996. The van der Waals surface area contributed by atoms with Crippen molar-refractivity contribution in [1.29, 1.82) is 0 Å². The third kappa shape index (κ3) is 2.33. The zero-order valence-corrected chi connectivity index (χ0v) is 13.4. The van der Waals surface area contributed by atoms with E-state index in [-0.39, 0.29) is 5.69 Å². The van der Waals surface area contributed by atoms with Gasteiger partial charge in [-0.3, -0.25) is 4.79 Å². The predicted octanol–water partition coefficient (Wildman–Crippen LogP) is 2.81. The fraction of sp³-hybridized carbons (Fsp3) is 0.250. The van der Waals surface area contributed by atoms with Gasteiger partial charge in [0.2, 0.25) is 0 Å². The summed E-state index contributed by atoms with van der Waals surface area (Å²) in [6, 6.07) is 2.43. The number of aromatic nitrogens is 4. The van der Waals surface area contributed by atoms with Crippen LogP contribution in [0, 0.1) is 6.92 Å². The molecule has 3 aromatic heterocycles. The largest absolute Gasteiger partial charge is 0.364 e. The predicted molar refractivity (Wildman–Crippen MR) is 88.1 cm³/mol. The lowest BCUT2D eigenvalue weighted by atomic mass is 9.96. The standard InChI is InChI=1S/C16H15N5OS/c1-9-6-18-14(15(17)22)13(12(9)10-4-5-23-7-10)16-20-19-8-21(16)11-2-3-11/h4-8,11H,2-3H2,1H3,(H2,17,22). The number of pyridine rings is 1. The molecule has 7 heteroatoms. The van der Waals surface area contributed by atoms with E-state index in [2.05, 4.69) is 20.6 Å². The summed E-state index contributed by atoms with van der Waals surface area (Å²) in [5, 5.41) is 12.4. The first-order valence-electron chi connectivity index (χ1n) is 7.38. The van der Waals surface area contributed by atoms with Gasteiger partial charge < -0.3 is 10.3 Å². The molecule has 1 aliphatic rings. The number of thiophene rings is 1. The van der Waals surface area contributed by atoms with E-state index >= 15 is 0 Å². The van der Waals surface area contributed by atoms with Gasteiger partial charge in [0.25, 0.3) is 5.91 Å². The highest BCUT2D eigenvalue weighted by atomic mass is 32.1. The maximum absolute atomic E-state index is 12.0. The maximum atomic E-state index is 12.0. The monoisotopic (exact) mass is 325 g/mol. The minimum atomic E-state index is -0.554. The topological polar surface area (TPSA) is 86.7 Å². The molecule has 3 aromatic rings. The summed E-state index contributed by atoms with van der Waals surface area (Å²) in [6.45, 7) is 1.98. The van der Waals surface area contributed by atoms with Crippen molar-refractivity contribution in [3.05, 3.63) is 40.6 Å².